The maximum atomic E-state index is 15.0. The molecule has 0 N–H and O–H groups in total. The summed E-state index contributed by atoms with van der Waals surface area (Å²) in [6.45, 7) is 2.25. The third kappa shape index (κ3) is 6.77. The Labute approximate surface area is 205 Å². The van der Waals surface area contributed by atoms with E-state index < -0.39 is 23.7 Å². The van der Waals surface area contributed by atoms with Crippen LogP contribution in [0.15, 0.2) is 36.4 Å². The minimum Gasteiger partial charge on any atom is -0.403 e. The number of alkyl halides is 3. The lowest BCUT2D eigenvalue weighted by molar-refractivity contribution is -0.275. The molecule has 4 rings (SSSR count). The fourth-order valence-electron chi connectivity index (χ4n) is 6.31. The van der Waals surface area contributed by atoms with E-state index in [2.05, 4.69) is 11.7 Å². The van der Waals surface area contributed by atoms with Crippen LogP contribution in [0, 0.1) is 29.4 Å². The number of fused-ring (bicyclic) bond motifs is 1. The lowest BCUT2D eigenvalue weighted by Crippen LogP contribution is -2.30. The summed E-state index contributed by atoms with van der Waals surface area (Å²) in [5.74, 6) is 0.104. The van der Waals surface area contributed by atoms with E-state index in [9.17, 15) is 17.6 Å². The molecule has 2 saturated carbocycles. The molecular weight excluding hydrogens is 459 g/mol. The number of rotatable bonds is 8. The minimum absolute atomic E-state index is 0.170. The Bertz CT molecular complexity index is 986. The van der Waals surface area contributed by atoms with Gasteiger partial charge in [0.25, 0.3) is 0 Å². The molecule has 0 radical (unpaired) electrons. The number of hydrogen-bond donors (Lipinski definition) is 0. The van der Waals surface area contributed by atoms with Crippen molar-refractivity contribution in [2.45, 2.75) is 89.8 Å². The smallest absolute Gasteiger partial charge is 0.403 e. The van der Waals surface area contributed by atoms with Gasteiger partial charge in [-0.1, -0.05) is 63.6 Å². The number of benzene rings is 2. The van der Waals surface area contributed by atoms with Crippen molar-refractivity contribution in [3.8, 4) is 16.9 Å². The van der Waals surface area contributed by atoms with Gasteiger partial charge in [-0.05, 0) is 85.1 Å². The SMILES string of the molecule is CCCCCCC1CCC2CC(c3ccc(-c4ccc(OC(F)(F)F)c(F)c4)c(F)c3)CCC2C1. The van der Waals surface area contributed by atoms with Crippen molar-refractivity contribution in [2.75, 3.05) is 0 Å². The van der Waals surface area contributed by atoms with E-state index in [1.807, 2.05) is 6.07 Å². The third-order valence-corrected chi connectivity index (χ3v) is 8.12. The highest BCUT2D eigenvalue weighted by Crippen LogP contribution is 2.48. The van der Waals surface area contributed by atoms with Crippen LogP contribution in [-0.4, -0.2) is 6.36 Å². The maximum absolute atomic E-state index is 15.0. The number of halogens is 5. The molecule has 0 saturated heterocycles. The van der Waals surface area contributed by atoms with Crippen molar-refractivity contribution in [2.24, 2.45) is 17.8 Å². The van der Waals surface area contributed by atoms with E-state index in [0.717, 1.165) is 42.4 Å². The molecule has 6 heteroatoms. The molecule has 2 aliphatic rings. The lowest BCUT2D eigenvalue weighted by atomic mass is 9.63. The first kappa shape index (κ1) is 26.0. The summed E-state index contributed by atoms with van der Waals surface area (Å²) in [6, 6.07) is 8.04. The van der Waals surface area contributed by atoms with Crippen LogP contribution in [0.1, 0.15) is 89.0 Å². The molecule has 35 heavy (non-hydrogen) atoms. The highest BCUT2D eigenvalue weighted by atomic mass is 19.4. The van der Waals surface area contributed by atoms with Gasteiger partial charge in [-0.3, -0.25) is 0 Å². The van der Waals surface area contributed by atoms with Gasteiger partial charge in [-0.2, -0.15) is 0 Å². The van der Waals surface area contributed by atoms with Crippen molar-refractivity contribution in [1.82, 2.24) is 0 Å². The quantitative estimate of drug-likeness (QED) is 0.262. The predicted octanol–water partition coefficient (Wildman–Crippen LogP) is 9.80. The van der Waals surface area contributed by atoms with Crippen molar-refractivity contribution in [3.05, 3.63) is 53.6 Å². The van der Waals surface area contributed by atoms with Gasteiger partial charge in [0, 0.05) is 5.56 Å². The molecule has 192 valence electrons. The van der Waals surface area contributed by atoms with Crippen LogP contribution in [0.5, 0.6) is 5.75 Å². The van der Waals surface area contributed by atoms with E-state index in [-0.39, 0.29) is 11.1 Å². The Kier molecular flexibility index (Phi) is 8.38. The van der Waals surface area contributed by atoms with Crippen molar-refractivity contribution in [3.63, 3.8) is 0 Å². The Morgan fingerprint density at radius 3 is 2.31 bits per heavy atom. The first-order chi connectivity index (χ1) is 16.7. The summed E-state index contributed by atoms with van der Waals surface area (Å²) < 4.78 is 69.9. The van der Waals surface area contributed by atoms with Crippen LogP contribution < -0.4 is 4.74 Å². The fraction of sp³-hybridized carbons (Fsp3) is 0.586. The average molecular weight is 495 g/mol. The van der Waals surface area contributed by atoms with E-state index in [1.54, 1.807) is 6.07 Å². The van der Waals surface area contributed by atoms with Crippen LogP contribution in [0.2, 0.25) is 0 Å². The molecule has 4 unspecified atom stereocenters. The van der Waals surface area contributed by atoms with Crippen LogP contribution in [0.3, 0.4) is 0 Å². The van der Waals surface area contributed by atoms with E-state index in [1.165, 1.54) is 69.9 Å². The second-order valence-corrected chi connectivity index (χ2v) is 10.5. The second kappa shape index (κ2) is 11.3. The molecule has 0 aromatic heterocycles. The Hall–Kier alpha value is -2.11. The number of unbranched alkanes of at least 4 members (excludes halogenated alkanes) is 3. The Balaban J connectivity index is 1.37. The number of ether oxygens (including phenoxy) is 1. The molecule has 2 aliphatic carbocycles. The highest BCUT2D eigenvalue weighted by Gasteiger charge is 2.36. The average Bonchev–Trinajstić information content (AvgIpc) is 2.82. The summed E-state index contributed by atoms with van der Waals surface area (Å²) in [6.07, 6.45) is 8.96. The zero-order valence-electron chi connectivity index (χ0n) is 20.3. The summed E-state index contributed by atoms with van der Waals surface area (Å²) in [4.78, 5) is 0. The first-order valence-electron chi connectivity index (χ1n) is 13.1. The molecule has 2 fully saturated rings. The zero-order valence-corrected chi connectivity index (χ0v) is 20.3. The van der Waals surface area contributed by atoms with Crippen LogP contribution in [0.25, 0.3) is 11.1 Å². The van der Waals surface area contributed by atoms with Gasteiger partial charge in [0.1, 0.15) is 5.82 Å². The van der Waals surface area contributed by atoms with Gasteiger partial charge in [0.15, 0.2) is 11.6 Å². The Morgan fingerprint density at radius 2 is 1.60 bits per heavy atom. The molecule has 2 aromatic rings. The second-order valence-electron chi connectivity index (χ2n) is 10.5. The number of hydrogen-bond acceptors (Lipinski definition) is 1. The van der Waals surface area contributed by atoms with Crippen molar-refractivity contribution >= 4 is 0 Å². The Morgan fingerprint density at radius 1 is 0.829 bits per heavy atom. The monoisotopic (exact) mass is 494 g/mol. The summed E-state index contributed by atoms with van der Waals surface area (Å²) in [5, 5.41) is 0. The molecule has 4 atom stereocenters. The van der Waals surface area contributed by atoms with Gasteiger partial charge in [-0.25, -0.2) is 8.78 Å². The van der Waals surface area contributed by atoms with E-state index in [4.69, 9.17) is 0 Å². The molecule has 0 spiro atoms. The van der Waals surface area contributed by atoms with Gasteiger partial charge in [-0.15, -0.1) is 13.2 Å². The normalized spacial score (nSPS) is 24.7. The molecule has 2 aromatic carbocycles. The molecule has 0 amide bonds. The highest BCUT2D eigenvalue weighted by molar-refractivity contribution is 5.65. The van der Waals surface area contributed by atoms with E-state index >= 15 is 4.39 Å². The largest absolute Gasteiger partial charge is 0.573 e. The van der Waals surface area contributed by atoms with Gasteiger partial charge < -0.3 is 4.74 Å². The first-order valence-corrected chi connectivity index (χ1v) is 13.1. The molecule has 1 nitrogen and oxygen atoms in total. The summed E-state index contributed by atoms with van der Waals surface area (Å²) in [7, 11) is 0. The van der Waals surface area contributed by atoms with Crippen molar-refractivity contribution in [1.29, 1.82) is 0 Å². The molecule has 0 aliphatic heterocycles. The summed E-state index contributed by atoms with van der Waals surface area (Å²) >= 11 is 0. The topological polar surface area (TPSA) is 9.23 Å². The van der Waals surface area contributed by atoms with Crippen molar-refractivity contribution < 1.29 is 26.7 Å². The lowest BCUT2D eigenvalue weighted by Gasteiger charge is -2.42. The maximum Gasteiger partial charge on any atom is 0.573 e. The fourth-order valence-corrected chi connectivity index (χ4v) is 6.31. The van der Waals surface area contributed by atoms with Gasteiger partial charge >= 0.3 is 6.36 Å². The minimum atomic E-state index is -4.98. The van der Waals surface area contributed by atoms with Gasteiger partial charge in [0.2, 0.25) is 0 Å². The zero-order chi connectivity index (χ0) is 25.0. The van der Waals surface area contributed by atoms with Gasteiger partial charge in [0.05, 0.1) is 0 Å². The summed E-state index contributed by atoms with van der Waals surface area (Å²) in [5.41, 5.74) is 1.31. The van der Waals surface area contributed by atoms with Crippen LogP contribution >= 0.6 is 0 Å². The third-order valence-electron chi connectivity index (χ3n) is 8.12. The van der Waals surface area contributed by atoms with E-state index in [0.29, 0.717) is 11.8 Å². The van der Waals surface area contributed by atoms with Crippen LogP contribution in [-0.2, 0) is 0 Å². The standard InChI is InChI=1S/C29H35F5O/c1-2-3-4-5-6-19-7-8-21-16-22(10-9-20(21)15-19)23-11-13-25(26(30)17-23)24-12-14-28(27(31)18-24)35-29(32,33)34/h11-14,17-22H,2-10,15-16H2,1H3. The molecule has 0 heterocycles. The molecular formula is C29H35F5O. The predicted molar refractivity (Wildman–Crippen MR) is 128 cm³/mol. The van der Waals surface area contributed by atoms with Crippen LogP contribution in [0.4, 0.5) is 22.0 Å². The molecule has 0 bridgehead atoms.